The number of nitrogens with one attached hydrogen (secondary N) is 1. The van der Waals surface area contributed by atoms with Crippen LogP contribution in [0.2, 0.25) is 0 Å². The average Bonchev–Trinajstić information content (AvgIpc) is 3.38. The Morgan fingerprint density at radius 1 is 1.33 bits per heavy atom. The lowest BCUT2D eigenvalue weighted by Crippen LogP contribution is -2.33. The van der Waals surface area contributed by atoms with Crippen LogP contribution in [0.5, 0.6) is 5.75 Å². The molecule has 1 N–H and O–H groups in total. The van der Waals surface area contributed by atoms with E-state index in [1.807, 2.05) is 36.4 Å². The topological polar surface area (TPSA) is 52.5 Å². The van der Waals surface area contributed by atoms with Gasteiger partial charge in [0.25, 0.3) is 5.91 Å². The monoisotopic (exact) mass is 384 g/mol. The van der Waals surface area contributed by atoms with Gasteiger partial charge in [-0.1, -0.05) is 18.2 Å². The van der Waals surface area contributed by atoms with Gasteiger partial charge in [0.1, 0.15) is 18.1 Å². The summed E-state index contributed by atoms with van der Waals surface area (Å²) in [6, 6.07) is 13.9. The minimum Gasteiger partial charge on any atom is -0.492 e. The summed E-state index contributed by atoms with van der Waals surface area (Å²) in [4.78, 5) is 14.0. The molecule has 0 bridgehead atoms. The van der Waals surface area contributed by atoms with Crippen LogP contribution in [0.4, 0.5) is 0 Å². The summed E-state index contributed by atoms with van der Waals surface area (Å²) in [5.41, 5.74) is 1.78. The van der Waals surface area contributed by atoms with E-state index in [4.69, 9.17) is 9.47 Å². The average molecular weight is 385 g/mol. The molecule has 1 aliphatic heterocycles. The fourth-order valence-electron chi connectivity index (χ4n) is 3.47. The lowest BCUT2D eigenvalue weighted by Gasteiger charge is -2.14. The van der Waals surface area contributed by atoms with Gasteiger partial charge < -0.3 is 19.4 Å². The quantitative estimate of drug-likeness (QED) is 0.670. The zero-order valence-corrected chi connectivity index (χ0v) is 16.3. The SMILES string of the molecule is Cc1cc2c(cc(C(=O)NCC3CCCO3)n2CCOc2ccccc2)s1. The van der Waals surface area contributed by atoms with Crippen molar-refractivity contribution in [3.05, 3.63) is 53.0 Å². The minimum atomic E-state index is -0.0498. The Balaban J connectivity index is 1.48. The zero-order chi connectivity index (χ0) is 18.6. The van der Waals surface area contributed by atoms with Crippen molar-refractivity contribution < 1.29 is 14.3 Å². The second-order valence-electron chi connectivity index (χ2n) is 6.79. The van der Waals surface area contributed by atoms with Crippen LogP contribution >= 0.6 is 11.3 Å². The molecule has 1 atom stereocenters. The van der Waals surface area contributed by atoms with E-state index in [0.717, 1.165) is 35.4 Å². The normalized spacial score (nSPS) is 16.7. The molecule has 4 rings (SSSR count). The van der Waals surface area contributed by atoms with Gasteiger partial charge in [-0.2, -0.15) is 0 Å². The number of aryl methyl sites for hydroxylation is 1. The van der Waals surface area contributed by atoms with Crippen molar-refractivity contribution in [3.8, 4) is 5.75 Å². The first-order valence-electron chi connectivity index (χ1n) is 9.38. The van der Waals surface area contributed by atoms with E-state index >= 15 is 0 Å². The first kappa shape index (κ1) is 18.1. The zero-order valence-electron chi connectivity index (χ0n) is 15.4. The van der Waals surface area contributed by atoms with Gasteiger partial charge in [-0.25, -0.2) is 0 Å². The number of carbonyl (C=O) groups is 1. The van der Waals surface area contributed by atoms with E-state index in [1.165, 1.54) is 4.88 Å². The Kier molecular flexibility index (Phi) is 5.45. The molecule has 0 aliphatic carbocycles. The number of rotatable bonds is 7. The molecule has 0 spiro atoms. The van der Waals surface area contributed by atoms with Crippen LogP contribution < -0.4 is 10.1 Å². The summed E-state index contributed by atoms with van der Waals surface area (Å²) >= 11 is 1.71. The van der Waals surface area contributed by atoms with Crippen molar-refractivity contribution in [2.75, 3.05) is 19.8 Å². The van der Waals surface area contributed by atoms with Gasteiger partial charge in [-0.05, 0) is 44.0 Å². The Labute approximate surface area is 162 Å². The second kappa shape index (κ2) is 8.15. The molecule has 5 nitrogen and oxygen atoms in total. The van der Waals surface area contributed by atoms with Crippen LogP contribution in [0.15, 0.2) is 42.5 Å². The van der Waals surface area contributed by atoms with Gasteiger partial charge in [0.2, 0.25) is 0 Å². The Hall–Kier alpha value is -2.31. The smallest absolute Gasteiger partial charge is 0.268 e. The second-order valence-corrected chi connectivity index (χ2v) is 8.08. The molecule has 1 aromatic carbocycles. The van der Waals surface area contributed by atoms with Crippen LogP contribution in [-0.2, 0) is 11.3 Å². The molecule has 27 heavy (non-hydrogen) atoms. The van der Waals surface area contributed by atoms with Crippen molar-refractivity contribution >= 4 is 27.5 Å². The molecule has 1 unspecified atom stereocenters. The first-order valence-corrected chi connectivity index (χ1v) is 10.2. The summed E-state index contributed by atoms with van der Waals surface area (Å²) in [5.74, 6) is 0.790. The van der Waals surface area contributed by atoms with E-state index in [-0.39, 0.29) is 12.0 Å². The van der Waals surface area contributed by atoms with E-state index in [0.29, 0.717) is 25.4 Å². The number of carbonyl (C=O) groups excluding carboxylic acids is 1. The van der Waals surface area contributed by atoms with Crippen LogP contribution in [-0.4, -0.2) is 36.3 Å². The molecule has 6 heteroatoms. The number of aromatic nitrogens is 1. The third-order valence-electron chi connectivity index (χ3n) is 4.79. The highest BCUT2D eigenvalue weighted by molar-refractivity contribution is 7.19. The maximum absolute atomic E-state index is 12.8. The van der Waals surface area contributed by atoms with Gasteiger partial charge in [-0.3, -0.25) is 4.79 Å². The van der Waals surface area contributed by atoms with Crippen LogP contribution in [0.3, 0.4) is 0 Å². The van der Waals surface area contributed by atoms with Gasteiger partial charge in [-0.15, -0.1) is 11.3 Å². The van der Waals surface area contributed by atoms with Crippen molar-refractivity contribution in [1.82, 2.24) is 9.88 Å². The maximum Gasteiger partial charge on any atom is 0.268 e. The number of ether oxygens (including phenoxy) is 2. The summed E-state index contributed by atoms with van der Waals surface area (Å²) < 4.78 is 14.6. The number of fused-ring (bicyclic) bond motifs is 1. The number of para-hydroxylation sites is 1. The number of hydrogen-bond donors (Lipinski definition) is 1. The molecule has 2 aromatic heterocycles. The van der Waals surface area contributed by atoms with E-state index in [2.05, 4.69) is 22.9 Å². The molecular weight excluding hydrogens is 360 g/mol. The van der Waals surface area contributed by atoms with Crippen molar-refractivity contribution in [1.29, 1.82) is 0 Å². The van der Waals surface area contributed by atoms with Crippen molar-refractivity contribution in [2.24, 2.45) is 0 Å². The number of thiophene rings is 1. The molecule has 3 heterocycles. The number of nitrogens with zero attached hydrogens (tertiary/aromatic N) is 1. The number of benzene rings is 1. The third kappa shape index (κ3) is 4.17. The summed E-state index contributed by atoms with van der Waals surface area (Å²) in [7, 11) is 0. The third-order valence-corrected chi connectivity index (χ3v) is 5.77. The molecule has 1 saturated heterocycles. The molecule has 142 valence electrons. The van der Waals surface area contributed by atoms with Crippen LogP contribution in [0.25, 0.3) is 10.2 Å². The largest absolute Gasteiger partial charge is 0.492 e. The standard InChI is InChI=1S/C21H24N2O3S/c1-15-12-18-20(27-15)13-19(21(24)22-14-17-8-5-10-25-17)23(18)9-11-26-16-6-3-2-4-7-16/h2-4,6-7,12-13,17H,5,8-11,14H2,1H3,(H,22,24). The van der Waals surface area contributed by atoms with Crippen molar-refractivity contribution in [3.63, 3.8) is 0 Å². The Bertz CT molecular complexity index is 910. The highest BCUT2D eigenvalue weighted by atomic mass is 32.1. The maximum atomic E-state index is 12.8. The van der Waals surface area contributed by atoms with E-state index < -0.39 is 0 Å². The van der Waals surface area contributed by atoms with Crippen LogP contribution in [0, 0.1) is 6.92 Å². The first-order chi connectivity index (χ1) is 13.2. The van der Waals surface area contributed by atoms with Crippen molar-refractivity contribution in [2.45, 2.75) is 32.4 Å². The lowest BCUT2D eigenvalue weighted by molar-refractivity contribution is 0.0850. The van der Waals surface area contributed by atoms with Gasteiger partial charge >= 0.3 is 0 Å². The van der Waals surface area contributed by atoms with Gasteiger partial charge in [0.05, 0.1) is 22.9 Å². The molecule has 1 aliphatic rings. The van der Waals surface area contributed by atoms with Gasteiger partial charge in [0, 0.05) is 18.0 Å². The van der Waals surface area contributed by atoms with Gasteiger partial charge in [0.15, 0.2) is 0 Å². The minimum absolute atomic E-state index is 0.0498. The number of amides is 1. The molecular formula is C21H24N2O3S. The fraction of sp³-hybridized carbons (Fsp3) is 0.381. The molecule has 1 amide bonds. The summed E-state index contributed by atoms with van der Waals surface area (Å²) in [5, 5.41) is 3.03. The predicted octanol–water partition coefficient (Wildman–Crippen LogP) is 4.00. The van der Waals surface area contributed by atoms with E-state index in [1.54, 1.807) is 11.3 Å². The Morgan fingerprint density at radius 2 is 2.19 bits per heavy atom. The highest BCUT2D eigenvalue weighted by Crippen LogP contribution is 2.29. The van der Waals surface area contributed by atoms with Crippen LogP contribution in [0.1, 0.15) is 28.2 Å². The summed E-state index contributed by atoms with van der Waals surface area (Å²) in [6.45, 7) is 4.58. The molecule has 1 fully saturated rings. The Morgan fingerprint density at radius 3 is 2.96 bits per heavy atom. The summed E-state index contributed by atoms with van der Waals surface area (Å²) in [6.07, 6.45) is 2.23. The molecule has 0 saturated carbocycles. The predicted molar refractivity (Wildman–Crippen MR) is 108 cm³/mol. The molecule has 0 radical (unpaired) electrons. The molecule has 3 aromatic rings. The van der Waals surface area contributed by atoms with E-state index in [9.17, 15) is 4.79 Å². The lowest BCUT2D eigenvalue weighted by atomic mass is 10.2. The highest BCUT2D eigenvalue weighted by Gasteiger charge is 2.20. The fourth-order valence-corrected chi connectivity index (χ4v) is 4.43. The number of hydrogen-bond acceptors (Lipinski definition) is 4.